The molecule has 0 fully saturated rings. The Balaban J connectivity index is 1.75. The summed E-state index contributed by atoms with van der Waals surface area (Å²) in [6, 6.07) is 7.42. The van der Waals surface area contributed by atoms with Gasteiger partial charge >= 0.3 is 0 Å². The fourth-order valence-corrected chi connectivity index (χ4v) is 2.04. The Morgan fingerprint density at radius 1 is 0.680 bits per heavy atom. The summed E-state index contributed by atoms with van der Waals surface area (Å²) in [6.07, 6.45) is 3.57. The number of hydrogen-bond acceptors (Lipinski definition) is 6. The van der Waals surface area contributed by atoms with Crippen LogP contribution in [0.5, 0.6) is 5.75 Å². The first-order valence-electron chi connectivity index (χ1n) is 9.13. The predicted molar refractivity (Wildman–Crippen MR) is 99.2 cm³/mol. The van der Waals surface area contributed by atoms with E-state index in [9.17, 15) is 0 Å². The largest absolute Gasteiger partial charge is 0.489 e. The Bertz CT molecular complexity index is 417. The van der Waals surface area contributed by atoms with E-state index in [2.05, 4.69) is 6.92 Å². The number of rotatable bonds is 17. The number of unbranched alkanes of at least 4 members (excludes halogenated alkanes) is 2. The third kappa shape index (κ3) is 12.6. The van der Waals surface area contributed by atoms with Crippen LogP contribution in [-0.2, 0) is 18.9 Å². The lowest BCUT2D eigenvalue weighted by molar-refractivity contribution is -0.00483. The molecule has 1 aromatic rings. The lowest BCUT2D eigenvalue weighted by atomic mass is 10.3. The summed E-state index contributed by atoms with van der Waals surface area (Å²) in [5.41, 5.74) is 6.42. The Labute approximate surface area is 151 Å². The molecular weight excluding hydrogens is 322 g/mol. The van der Waals surface area contributed by atoms with Gasteiger partial charge in [-0.15, -0.1) is 0 Å². The Morgan fingerprint density at radius 3 is 1.76 bits per heavy atom. The molecule has 25 heavy (non-hydrogen) atoms. The second kappa shape index (κ2) is 16.1. The third-order valence-electron chi connectivity index (χ3n) is 3.41. The monoisotopic (exact) mass is 355 g/mol. The molecule has 6 heteroatoms. The third-order valence-corrected chi connectivity index (χ3v) is 3.41. The zero-order valence-corrected chi connectivity index (χ0v) is 15.4. The molecule has 144 valence electrons. The van der Waals surface area contributed by atoms with Crippen molar-refractivity contribution in [1.82, 2.24) is 0 Å². The molecule has 0 spiro atoms. The number of anilines is 1. The van der Waals surface area contributed by atoms with E-state index < -0.39 is 0 Å². The molecule has 0 aliphatic rings. The number of nitrogens with two attached hydrogens (primary N) is 1. The van der Waals surface area contributed by atoms with Crippen LogP contribution in [0, 0.1) is 0 Å². The molecule has 6 nitrogen and oxygen atoms in total. The second-order valence-corrected chi connectivity index (χ2v) is 5.54. The van der Waals surface area contributed by atoms with Gasteiger partial charge in [-0.05, 0) is 18.6 Å². The Morgan fingerprint density at radius 2 is 1.20 bits per heavy atom. The van der Waals surface area contributed by atoms with Crippen molar-refractivity contribution in [2.24, 2.45) is 0 Å². The van der Waals surface area contributed by atoms with Crippen molar-refractivity contribution in [3.63, 3.8) is 0 Å². The van der Waals surface area contributed by atoms with Crippen molar-refractivity contribution in [1.29, 1.82) is 0 Å². The highest BCUT2D eigenvalue weighted by Crippen LogP contribution is 2.19. The molecular formula is C19H33NO5. The van der Waals surface area contributed by atoms with Gasteiger partial charge in [0.15, 0.2) is 0 Å². The van der Waals surface area contributed by atoms with Gasteiger partial charge in [0.2, 0.25) is 0 Å². The average Bonchev–Trinajstić information content (AvgIpc) is 2.63. The molecule has 2 N–H and O–H groups in total. The molecule has 0 saturated carbocycles. The van der Waals surface area contributed by atoms with E-state index in [1.54, 1.807) is 0 Å². The van der Waals surface area contributed by atoms with Gasteiger partial charge in [-0.3, -0.25) is 0 Å². The molecule has 0 amide bonds. The zero-order chi connectivity index (χ0) is 18.0. The van der Waals surface area contributed by atoms with Crippen LogP contribution in [0.4, 0.5) is 5.69 Å². The van der Waals surface area contributed by atoms with E-state index in [0.29, 0.717) is 64.3 Å². The van der Waals surface area contributed by atoms with Crippen LogP contribution in [-0.4, -0.2) is 59.5 Å². The van der Waals surface area contributed by atoms with E-state index in [4.69, 9.17) is 29.4 Å². The Hall–Kier alpha value is -1.34. The van der Waals surface area contributed by atoms with Gasteiger partial charge in [-0.1, -0.05) is 31.9 Å². The Kier molecular flexibility index (Phi) is 14.0. The van der Waals surface area contributed by atoms with Gasteiger partial charge in [0, 0.05) is 6.61 Å². The van der Waals surface area contributed by atoms with Crippen molar-refractivity contribution in [2.45, 2.75) is 26.2 Å². The second-order valence-electron chi connectivity index (χ2n) is 5.54. The van der Waals surface area contributed by atoms with Crippen LogP contribution >= 0.6 is 0 Å². The fraction of sp³-hybridized carbons (Fsp3) is 0.684. The van der Waals surface area contributed by atoms with Crippen molar-refractivity contribution >= 4 is 5.69 Å². The highest BCUT2D eigenvalue weighted by atomic mass is 16.6. The minimum absolute atomic E-state index is 0.468. The maximum atomic E-state index is 5.78. The van der Waals surface area contributed by atoms with E-state index in [1.807, 2.05) is 24.3 Å². The smallest absolute Gasteiger partial charge is 0.142 e. The molecule has 1 rings (SSSR count). The highest BCUT2D eigenvalue weighted by Gasteiger charge is 1.98. The van der Waals surface area contributed by atoms with Crippen molar-refractivity contribution in [3.8, 4) is 5.75 Å². The average molecular weight is 355 g/mol. The van der Waals surface area contributed by atoms with Gasteiger partial charge in [0.1, 0.15) is 12.4 Å². The SMILES string of the molecule is CCCCCOCCOCCOCCOCCOc1ccccc1N. The summed E-state index contributed by atoms with van der Waals surface area (Å²) in [6.45, 7) is 7.47. The van der Waals surface area contributed by atoms with Gasteiger partial charge in [-0.2, -0.15) is 0 Å². The number of nitrogen functional groups attached to an aromatic ring is 1. The minimum Gasteiger partial charge on any atom is -0.489 e. The molecule has 0 atom stereocenters. The zero-order valence-electron chi connectivity index (χ0n) is 15.4. The molecule has 0 bridgehead atoms. The molecule has 1 aromatic carbocycles. The van der Waals surface area contributed by atoms with E-state index >= 15 is 0 Å². The maximum absolute atomic E-state index is 5.78. The highest BCUT2D eigenvalue weighted by molar-refractivity contribution is 5.51. The van der Waals surface area contributed by atoms with Crippen LogP contribution in [0.3, 0.4) is 0 Å². The standard InChI is InChI=1S/C19H33NO5/c1-2-3-6-9-21-10-11-22-12-13-23-14-15-24-16-17-25-19-8-5-4-7-18(19)20/h4-5,7-8H,2-3,6,9-17,20H2,1H3. The quantitative estimate of drug-likeness (QED) is 0.342. The summed E-state index contributed by atoms with van der Waals surface area (Å²) in [5, 5.41) is 0. The molecule has 0 heterocycles. The van der Waals surface area contributed by atoms with Crippen LogP contribution in [0.2, 0.25) is 0 Å². The molecule has 0 aliphatic carbocycles. The van der Waals surface area contributed by atoms with Crippen LogP contribution in [0.15, 0.2) is 24.3 Å². The summed E-state index contributed by atoms with van der Waals surface area (Å²) < 4.78 is 27.3. The molecule has 0 unspecified atom stereocenters. The van der Waals surface area contributed by atoms with Crippen LogP contribution in [0.25, 0.3) is 0 Å². The minimum atomic E-state index is 0.468. The summed E-state index contributed by atoms with van der Waals surface area (Å²) in [7, 11) is 0. The first-order chi connectivity index (χ1) is 12.3. The topological polar surface area (TPSA) is 72.2 Å². The molecule has 0 aromatic heterocycles. The van der Waals surface area contributed by atoms with Gasteiger partial charge in [0.25, 0.3) is 0 Å². The van der Waals surface area contributed by atoms with Crippen molar-refractivity contribution in [3.05, 3.63) is 24.3 Å². The van der Waals surface area contributed by atoms with Crippen molar-refractivity contribution in [2.75, 3.05) is 65.2 Å². The molecule has 0 radical (unpaired) electrons. The number of ether oxygens (including phenoxy) is 5. The lowest BCUT2D eigenvalue weighted by Crippen LogP contribution is -2.14. The normalized spacial score (nSPS) is 10.9. The fourth-order valence-electron chi connectivity index (χ4n) is 2.04. The lowest BCUT2D eigenvalue weighted by Gasteiger charge is -2.09. The molecule has 0 saturated heterocycles. The summed E-state index contributed by atoms with van der Waals surface area (Å²) in [4.78, 5) is 0. The van der Waals surface area contributed by atoms with E-state index in [0.717, 1.165) is 13.0 Å². The first-order valence-corrected chi connectivity index (χ1v) is 9.13. The van der Waals surface area contributed by atoms with E-state index in [-0.39, 0.29) is 0 Å². The maximum Gasteiger partial charge on any atom is 0.142 e. The van der Waals surface area contributed by atoms with Gasteiger partial charge in [-0.25, -0.2) is 0 Å². The van der Waals surface area contributed by atoms with Crippen LogP contribution < -0.4 is 10.5 Å². The number of benzene rings is 1. The summed E-state index contributed by atoms with van der Waals surface area (Å²) >= 11 is 0. The number of hydrogen-bond donors (Lipinski definition) is 1. The molecule has 0 aliphatic heterocycles. The van der Waals surface area contributed by atoms with Crippen molar-refractivity contribution < 1.29 is 23.7 Å². The first kappa shape index (κ1) is 21.7. The predicted octanol–water partition coefficient (Wildman–Crippen LogP) is 2.90. The van der Waals surface area contributed by atoms with Crippen LogP contribution in [0.1, 0.15) is 26.2 Å². The number of para-hydroxylation sites is 2. The van der Waals surface area contributed by atoms with Gasteiger partial charge < -0.3 is 29.4 Å². The van der Waals surface area contributed by atoms with Gasteiger partial charge in [0.05, 0.1) is 51.9 Å². The van der Waals surface area contributed by atoms with E-state index in [1.165, 1.54) is 12.8 Å². The summed E-state index contributed by atoms with van der Waals surface area (Å²) in [5.74, 6) is 0.689.